The van der Waals surface area contributed by atoms with Crippen molar-refractivity contribution in [2.45, 2.75) is 6.54 Å². The Morgan fingerprint density at radius 1 is 1.08 bits per heavy atom. The lowest BCUT2D eigenvalue weighted by atomic mass is 10.3. The molecule has 0 bridgehead atoms. The second kappa shape index (κ2) is 8.34. The monoisotopic (exact) mass is 357 g/mol. The number of ether oxygens (including phenoxy) is 2. The molecule has 7 heteroatoms. The molecule has 3 rings (SSSR count). The molecule has 130 valence electrons. The highest BCUT2D eigenvalue weighted by atomic mass is 32.1. The molecule has 0 aliphatic heterocycles. The maximum absolute atomic E-state index is 11.8. The van der Waals surface area contributed by atoms with Crippen LogP contribution in [0.4, 0.5) is 4.79 Å². The topological polar surface area (TPSA) is 72.5 Å². The van der Waals surface area contributed by atoms with Crippen LogP contribution in [0.25, 0.3) is 10.2 Å². The van der Waals surface area contributed by atoms with Gasteiger partial charge in [0, 0.05) is 0 Å². The van der Waals surface area contributed by atoms with E-state index in [1.165, 1.54) is 0 Å². The van der Waals surface area contributed by atoms with Crippen LogP contribution in [0.15, 0.2) is 48.5 Å². The van der Waals surface area contributed by atoms with Crippen LogP contribution < -0.4 is 20.1 Å². The number of carbonyl (C=O) groups excluding carboxylic acids is 1. The molecule has 0 saturated heterocycles. The maximum atomic E-state index is 11.8. The van der Waals surface area contributed by atoms with Gasteiger partial charge in [-0.3, -0.25) is 0 Å². The van der Waals surface area contributed by atoms with Crippen LogP contribution in [-0.2, 0) is 6.54 Å². The van der Waals surface area contributed by atoms with Gasteiger partial charge in [0.25, 0.3) is 0 Å². The molecule has 0 spiro atoms. The van der Waals surface area contributed by atoms with Crippen LogP contribution in [0.1, 0.15) is 5.01 Å². The highest BCUT2D eigenvalue weighted by Gasteiger charge is 2.06. The maximum Gasteiger partial charge on any atom is 0.315 e. The Morgan fingerprint density at radius 3 is 2.64 bits per heavy atom. The van der Waals surface area contributed by atoms with Gasteiger partial charge in [0.2, 0.25) is 0 Å². The van der Waals surface area contributed by atoms with Gasteiger partial charge in [-0.1, -0.05) is 24.3 Å². The average molecular weight is 357 g/mol. The van der Waals surface area contributed by atoms with Crippen molar-refractivity contribution >= 4 is 27.6 Å². The number of nitrogens with one attached hydrogen (secondary N) is 2. The summed E-state index contributed by atoms with van der Waals surface area (Å²) in [4.78, 5) is 16.3. The first-order valence-corrected chi connectivity index (χ1v) is 8.70. The van der Waals surface area contributed by atoms with Gasteiger partial charge in [-0.05, 0) is 24.3 Å². The number of benzene rings is 2. The fraction of sp³-hybridized carbons (Fsp3) is 0.222. The van der Waals surface area contributed by atoms with E-state index in [9.17, 15) is 4.79 Å². The number of amides is 2. The van der Waals surface area contributed by atoms with E-state index < -0.39 is 0 Å². The summed E-state index contributed by atoms with van der Waals surface area (Å²) in [6, 6.07) is 15.1. The van der Waals surface area contributed by atoms with E-state index in [0.29, 0.717) is 31.2 Å². The van der Waals surface area contributed by atoms with Gasteiger partial charge in [0.05, 0.1) is 30.4 Å². The average Bonchev–Trinajstić information content (AvgIpc) is 3.07. The summed E-state index contributed by atoms with van der Waals surface area (Å²) in [5.74, 6) is 1.32. The van der Waals surface area contributed by atoms with Crippen LogP contribution in [0.3, 0.4) is 0 Å². The lowest BCUT2D eigenvalue weighted by molar-refractivity contribution is 0.235. The molecule has 0 aliphatic rings. The quantitative estimate of drug-likeness (QED) is 0.637. The summed E-state index contributed by atoms with van der Waals surface area (Å²) in [7, 11) is 1.59. The summed E-state index contributed by atoms with van der Waals surface area (Å²) in [5.41, 5.74) is 0.954. The first-order valence-electron chi connectivity index (χ1n) is 7.88. The number of aromatic nitrogens is 1. The van der Waals surface area contributed by atoms with E-state index in [4.69, 9.17) is 9.47 Å². The lowest BCUT2D eigenvalue weighted by Gasteiger charge is -2.11. The number of urea groups is 1. The van der Waals surface area contributed by atoms with Crippen molar-refractivity contribution in [2.75, 3.05) is 20.3 Å². The zero-order chi connectivity index (χ0) is 17.5. The molecule has 0 fully saturated rings. The number of hydrogen-bond donors (Lipinski definition) is 2. The number of thiazole rings is 1. The molecule has 0 atom stereocenters. The second-order valence-electron chi connectivity index (χ2n) is 5.18. The van der Waals surface area contributed by atoms with E-state index in [0.717, 1.165) is 15.2 Å². The van der Waals surface area contributed by atoms with Crippen LogP contribution in [0.2, 0.25) is 0 Å². The van der Waals surface area contributed by atoms with Gasteiger partial charge in [-0.2, -0.15) is 0 Å². The van der Waals surface area contributed by atoms with Crippen molar-refractivity contribution in [3.05, 3.63) is 53.5 Å². The second-order valence-corrected chi connectivity index (χ2v) is 6.30. The minimum atomic E-state index is -0.247. The third-order valence-electron chi connectivity index (χ3n) is 3.45. The summed E-state index contributed by atoms with van der Waals surface area (Å²) in [6.45, 7) is 1.15. The van der Waals surface area contributed by atoms with Crippen LogP contribution >= 0.6 is 11.3 Å². The van der Waals surface area contributed by atoms with E-state index in [1.54, 1.807) is 18.4 Å². The van der Waals surface area contributed by atoms with Crippen molar-refractivity contribution in [3.63, 3.8) is 0 Å². The third kappa shape index (κ3) is 4.60. The molecular weight excluding hydrogens is 338 g/mol. The fourth-order valence-electron chi connectivity index (χ4n) is 2.28. The smallest absolute Gasteiger partial charge is 0.315 e. The largest absolute Gasteiger partial charge is 0.493 e. The Bertz CT molecular complexity index is 817. The number of rotatable bonds is 7. The number of fused-ring (bicyclic) bond motifs is 1. The Balaban J connectivity index is 1.39. The van der Waals surface area contributed by atoms with Gasteiger partial charge in [-0.15, -0.1) is 11.3 Å². The van der Waals surface area contributed by atoms with Gasteiger partial charge < -0.3 is 20.1 Å². The van der Waals surface area contributed by atoms with Crippen molar-refractivity contribution in [3.8, 4) is 11.5 Å². The normalized spacial score (nSPS) is 10.4. The molecule has 0 aliphatic carbocycles. The number of methoxy groups -OCH3 is 1. The van der Waals surface area contributed by atoms with Crippen LogP contribution in [-0.4, -0.2) is 31.3 Å². The molecule has 0 unspecified atom stereocenters. The summed E-state index contributed by atoms with van der Waals surface area (Å²) in [6.07, 6.45) is 0. The Morgan fingerprint density at radius 2 is 1.84 bits per heavy atom. The third-order valence-corrected chi connectivity index (χ3v) is 4.49. The molecule has 25 heavy (non-hydrogen) atoms. The predicted molar refractivity (Wildman–Crippen MR) is 98.3 cm³/mol. The predicted octanol–water partition coefficient (Wildman–Crippen LogP) is 3.18. The molecule has 1 heterocycles. The Hall–Kier alpha value is -2.80. The first-order chi connectivity index (χ1) is 12.3. The molecule has 2 amide bonds. The van der Waals surface area contributed by atoms with E-state index in [1.807, 2.05) is 48.5 Å². The molecule has 0 saturated carbocycles. The van der Waals surface area contributed by atoms with Crippen molar-refractivity contribution in [2.24, 2.45) is 0 Å². The number of hydrogen-bond acceptors (Lipinski definition) is 5. The summed E-state index contributed by atoms with van der Waals surface area (Å²) >= 11 is 1.58. The molecule has 3 aromatic rings. The highest BCUT2D eigenvalue weighted by Crippen LogP contribution is 2.25. The van der Waals surface area contributed by atoms with Crippen LogP contribution in [0, 0.1) is 0 Å². The fourth-order valence-corrected chi connectivity index (χ4v) is 3.18. The van der Waals surface area contributed by atoms with E-state index in [2.05, 4.69) is 15.6 Å². The lowest BCUT2D eigenvalue weighted by Crippen LogP contribution is -2.37. The standard InChI is InChI=1S/C18H19N3O3S/c1-23-14-7-3-4-8-15(14)24-11-10-19-18(22)20-12-17-21-13-6-2-5-9-16(13)25-17/h2-9H,10-12H2,1H3,(H2,19,20,22). The van der Waals surface area contributed by atoms with Crippen molar-refractivity contribution in [1.82, 2.24) is 15.6 Å². The molecular formula is C18H19N3O3S. The van der Waals surface area contributed by atoms with E-state index in [-0.39, 0.29) is 6.03 Å². The van der Waals surface area contributed by atoms with Crippen molar-refractivity contribution < 1.29 is 14.3 Å². The number of carbonyl (C=O) groups is 1. The number of para-hydroxylation sites is 3. The molecule has 1 aromatic heterocycles. The van der Waals surface area contributed by atoms with Crippen LogP contribution in [0.5, 0.6) is 11.5 Å². The van der Waals surface area contributed by atoms with Gasteiger partial charge >= 0.3 is 6.03 Å². The van der Waals surface area contributed by atoms with E-state index >= 15 is 0 Å². The number of nitrogens with zero attached hydrogens (tertiary/aromatic N) is 1. The zero-order valence-electron chi connectivity index (χ0n) is 13.8. The van der Waals surface area contributed by atoms with Gasteiger partial charge in [-0.25, -0.2) is 9.78 Å². The van der Waals surface area contributed by atoms with Gasteiger partial charge in [0.15, 0.2) is 11.5 Å². The minimum absolute atomic E-state index is 0.247. The SMILES string of the molecule is COc1ccccc1OCCNC(=O)NCc1nc2ccccc2s1. The zero-order valence-corrected chi connectivity index (χ0v) is 14.6. The Kier molecular flexibility index (Phi) is 5.69. The molecule has 2 N–H and O–H groups in total. The first kappa shape index (κ1) is 17.0. The molecule has 0 radical (unpaired) electrons. The minimum Gasteiger partial charge on any atom is -0.493 e. The summed E-state index contributed by atoms with van der Waals surface area (Å²) < 4.78 is 11.9. The van der Waals surface area contributed by atoms with Gasteiger partial charge in [0.1, 0.15) is 11.6 Å². The summed E-state index contributed by atoms with van der Waals surface area (Å²) in [5, 5.41) is 6.43. The Labute approximate surface area is 149 Å². The van der Waals surface area contributed by atoms with Crippen molar-refractivity contribution in [1.29, 1.82) is 0 Å². The molecule has 6 nitrogen and oxygen atoms in total. The molecule has 2 aromatic carbocycles. The highest BCUT2D eigenvalue weighted by molar-refractivity contribution is 7.18.